The van der Waals surface area contributed by atoms with Gasteiger partial charge >= 0.3 is 5.97 Å². The molecule has 0 saturated carbocycles. The van der Waals surface area contributed by atoms with Gasteiger partial charge in [0, 0.05) is 81.4 Å². The van der Waals surface area contributed by atoms with Gasteiger partial charge in [0.2, 0.25) is 0 Å². The summed E-state index contributed by atoms with van der Waals surface area (Å²) in [5.41, 5.74) is 4.88. The topological polar surface area (TPSA) is 146 Å². The summed E-state index contributed by atoms with van der Waals surface area (Å²) in [4.78, 5) is 45.1. The first kappa shape index (κ1) is 42.3. The number of dihydropyridines is 1. The molecule has 0 fully saturated rings. The Morgan fingerprint density at radius 3 is 2.63 bits per heavy atom. The van der Waals surface area contributed by atoms with Gasteiger partial charge in [0.05, 0.1) is 18.8 Å². The summed E-state index contributed by atoms with van der Waals surface area (Å²) in [6, 6.07) is 10.8. The molecule has 316 valence electrons. The fourth-order valence-electron chi connectivity index (χ4n) is 9.33. The molecule has 5 unspecified atom stereocenters. The number of aromatic amines is 1. The molecule has 4 aromatic rings. The van der Waals surface area contributed by atoms with Crippen LogP contribution in [0.5, 0.6) is 11.5 Å². The number of rotatable bonds is 8. The third-order valence-corrected chi connectivity index (χ3v) is 12.7. The number of phenols is 1. The second kappa shape index (κ2) is 18.6. The van der Waals surface area contributed by atoms with Crippen LogP contribution in [-0.4, -0.2) is 70.2 Å². The van der Waals surface area contributed by atoms with Crippen LogP contribution in [0.15, 0.2) is 109 Å². The van der Waals surface area contributed by atoms with Crippen molar-refractivity contribution in [2.45, 2.75) is 84.3 Å². The smallest absolute Gasteiger partial charge is 0.302 e. The molecule has 3 aliphatic rings. The maximum absolute atomic E-state index is 14.4. The number of Topliss-reactive ketones (excluding diaryl/α,β-unsaturated/α-hetero) is 2. The third-order valence-electron chi connectivity index (χ3n) is 12.7. The quantitative estimate of drug-likeness (QED) is 0.130. The zero-order valence-corrected chi connectivity index (χ0v) is 35.2. The van der Waals surface area contributed by atoms with Crippen LogP contribution in [0.1, 0.15) is 82.0 Å². The van der Waals surface area contributed by atoms with E-state index in [0.29, 0.717) is 44.5 Å². The molecular formula is C49H58N4O7. The van der Waals surface area contributed by atoms with Crippen LogP contribution < -0.4 is 15.0 Å². The van der Waals surface area contributed by atoms with Gasteiger partial charge < -0.3 is 39.5 Å². The lowest BCUT2D eigenvalue weighted by Gasteiger charge is -2.38. The van der Waals surface area contributed by atoms with E-state index in [2.05, 4.69) is 77.0 Å². The highest BCUT2D eigenvalue weighted by Crippen LogP contribution is 2.44. The number of ketones is 2. The number of esters is 1. The average molecular weight is 815 g/mol. The van der Waals surface area contributed by atoms with E-state index < -0.39 is 18.1 Å². The van der Waals surface area contributed by atoms with Crippen molar-refractivity contribution in [1.29, 1.82) is 0 Å². The molecule has 5 atom stereocenters. The van der Waals surface area contributed by atoms with Crippen LogP contribution in [0.4, 0.5) is 5.69 Å². The zero-order chi connectivity index (χ0) is 42.4. The number of nitrogens with zero attached hydrogens (tertiary/aromatic N) is 2. The number of aliphatic hydroxyl groups excluding tert-OH is 1. The van der Waals surface area contributed by atoms with Crippen molar-refractivity contribution >= 4 is 34.0 Å². The molecule has 2 aliphatic heterocycles. The first-order chi connectivity index (χ1) is 29.0. The van der Waals surface area contributed by atoms with E-state index in [9.17, 15) is 24.6 Å². The summed E-state index contributed by atoms with van der Waals surface area (Å²) in [5, 5.41) is 26.4. The number of carbonyl (C=O) groups is 3. The highest BCUT2D eigenvalue weighted by Gasteiger charge is 2.36. The summed E-state index contributed by atoms with van der Waals surface area (Å²) in [6.07, 6.45) is 24.4. The fraction of sp³-hybridized carbons (Fsp3) is 0.408. The first-order valence-electron chi connectivity index (χ1n) is 21.2. The SMILES string of the molecule is COc1cc(C2CC(=O)CC(OC(C)=O)CCC3(C=CC=CC3C)Cc3c[nH]cc3CC(CCO)C3=CCNC(=C3)N(CCC(C)=O)c3cccc4cn2cc34)ccc1O. The highest BCUT2D eigenvalue weighted by atomic mass is 16.5. The van der Waals surface area contributed by atoms with Crippen LogP contribution in [0.25, 0.3) is 10.8 Å². The molecule has 2 aromatic heterocycles. The normalized spacial score (nSPS) is 23.7. The molecule has 7 rings (SSSR count). The first-order valence-corrected chi connectivity index (χ1v) is 21.2. The molecule has 60 heavy (non-hydrogen) atoms. The van der Waals surface area contributed by atoms with E-state index in [1.807, 2.05) is 35.2 Å². The maximum atomic E-state index is 14.4. The molecule has 11 nitrogen and oxygen atoms in total. The number of aromatic hydroxyl groups is 1. The molecule has 4 bridgehead atoms. The number of benzene rings is 2. The second-order valence-corrected chi connectivity index (χ2v) is 16.7. The lowest BCUT2D eigenvalue weighted by molar-refractivity contribution is -0.148. The summed E-state index contributed by atoms with van der Waals surface area (Å²) in [5.74, 6) is 0.953. The second-order valence-electron chi connectivity index (χ2n) is 16.7. The van der Waals surface area contributed by atoms with Crippen molar-refractivity contribution in [2.75, 3.05) is 31.7 Å². The molecule has 0 saturated heterocycles. The number of hydrogen-bond acceptors (Lipinski definition) is 9. The summed E-state index contributed by atoms with van der Waals surface area (Å²) < 4.78 is 13.5. The van der Waals surface area contributed by atoms with Crippen molar-refractivity contribution in [2.24, 2.45) is 17.3 Å². The predicted octanol–water partition coefficient (Wildman–Crippen LogP) is 8.04. The minimum absolute atomic E-state index is 0.00398. The molecule has 4 N–H and O–H groups in total. The number of fused-ring (bicyclic) bond motifs is 3. The van der Waals surface area contributed by atoms with Crippen LogP contribution >= 0.6 is 0 Å². The number of carbonyl (C=O) groups excluding carboxylic acids is 3. The fourth-order valence-corrected chi connectivity index (χ4v) is 9.33. The van der Waals surface area contributed by atoms with Crippen molar-refractivity contribution < 1.29 is 34.1 Å². The maximum Gasteiger partial charge on any atom is 0.302 e. The van der Waals surface area contributed by atoms with E-state index >= 15 is 0 Å². The van der Waals surface area contributed by atoms with Gasteiger partial charge in [-0.25, -0.2) is 0 Å². The number of aliphatic hydroxyl groups is 1. The van der Waals surface area contributed by atoms with E-state index in [1.165, 1.54) is 25.2 Å². The van der Waals surface area contributed by atoms with E-state index in [0.717, 1.165) is 46.3 Å². The number of H-pyrrole nitrogens is 1. The molecule has 1 spiro atoms. The number of allylic oxidation sites excluding steroid dienone is 6. The Labute approximate surface area is 352 Å². The van der Waals surface area contributed by atoms with Crippen LogP contribution in [-0.2, 0) is 32.0 Å². The summed E-state index contributed by atoms with van der Waals surface area (Å²) in [7, 11) is 1.50. The summed E-state index contributed by atoms with van der Waals surface area (Å²) in [6.45, 7) is 6.29. The molecule has 0 radical (unpaired) electrons. The Morgan fingerprint density at radius 2 is 1.87 bits per heavy atom. The number of anilines is 1. The van der Waals surface area contributed by atoms with Gasteiger partial charge in [0.1, 0.15) is 23.5 Å². The van der Waals surface area contributed by atoms with Crippen LogP contribution in [0.2, 0.25) is 0 Å². The summed E-state index contributed by atoms with van der Waals surface area (Å²) >= 11 is 0. The minimum Gasteiger partial charge on any atom is -0.504 e. The number of ether oxygens (including phenoxy) is 2. The largest absolute Gasteiger partial charge is 0.504 e. The predicted molar refractivity (Wildman–Crippen MR) is 234 cm³/mol. The van der Waals surface area contributed by atoms with Crippen LogP contribution in [0, 0.1) is 17.3 Å². The van der Waals surface area contributed by atoms with Crippen molar-refractivity contribution in [3.63, 3.8) is 0 Å². The van der Waals surface area contributed by atoms with Gasteiger partial charge in [-0.05, 0) is 103 Å². The van der Waals surface area contributed by atoms with Crippen LogP contribution in [0.3, 0.4) is 0 Å². The van der Waals surface area contributed by atoms with Gasteiger partial charge in [-0.2, -0.15) is 0 Å². The van der Waals surface area contributed by atoms with Gasteiger partial charge in [0.15, 0.2) is 11.5 Å². The number of nitrogens with one attached hydrogen (secondary N) is 2. The van der Waals surface area contributed by atoms with Gasteiger partial charge in [-0.1, -0.05) is 55.5 Å². The Balaban J connectivity index is 1.38. The number of methoxy groups -OCH3 is 1. The molecule has 0 amide bonds. The molecule has 2 aromatic carbocycles. The number of phenolic OH excluding ortho intramolecular Hbond substituents is 1. The molecule has 1 aliphatic carbocycles. The van der Waals surface area contributed by atoms with Crippen molar-refractivity contribution in [3.05, 3.63) is 126 Å². The monoisotopic (exact) mass is 814 g/mol. The van der Waals surface area contributed by atoms with Gasteiger partial charge in [-0.3, -0.25) is 14.4 Å². The lowest BCUT2D eigenvalue weighted by Crippen LogP contribution is -2.36. The Kier molecular flexibility index (Phi) is 13.1. The average Bonchev–Trinajstić information content (AvgIpc) is 3.86. The number of aromatic nitrogens is 2. The highest BCUT2D eigenvalue weighted by molar-refractivity contribution is 5.95. The lowest BCUT2D eigenvalue weighted by atomic mass is 9.66. The zero-order valence-electron chi connectivity index (χ0n) is 35.2. The van der Waals surface area contributed by atoms with E-state index in [-0.39, 0.29) is 54.0 Å². The molecule has 11 heteroatoms. The standard InChI is InChI=1S/C49H58N4O7/c1-32-8-5-6-17-49(32)18-13-42(60-34(3)56)25-41(57)26-45(37-11-12-46(58)47(23-37)59-4)52-30-38-9-7-10-44(43(38)31-52)53(20-15-33(2)55)48-24-35(14-19-51-48)36(16-21-54)22-39-28-50-29-40(39)27-49/h5-12,14,17,23-24,28-32,36,42,45,50-51,54,58H,13,15-16,18-22,25-27H2,1-4H3. The third kappa shape index (κ3) is 9.47. The Bertz CT molecular complexity index is 2330. The minimum atomic E-state index is -0.626. The van der Waals surface area contributed by atoms with E-state index in [1.54, 1.807) is 19.1 Å². The van der Waals surface area contributed by atoms with Crippen molar-refractivity contribution in [3.8, 4) is 11.5 Å². The Morgan fingerprint density at radius 1 is 1.03 bits per heavy atom. The molecule has 4 heterocycles. The van der Waals surface area contributed by atoms with Crippen molar-refractivity contribution in [1.82, 2.24) is 14.9 Å². The van der Waals surface area contributed by atoms with Gasteiger partial charge in [-0.15, -0.1) is 0 Å². The van der Waals surface area contributed by atoms with Gasteiger partial charge in [0.25, 0.3) is 0 Å². The Hall–Kier alpha value is -5.81. The van der Waals surface area contributed by atoms with E-state index in [4.69, 9.17) is 9.47 Å². The number of hydrogen-bond donors (Lipinski definition) is 4. The molecular weight excluding hydrogens is 757 g/mol.